The standard InChI is InChI=1S/C29H30N2O5/c1-18-10-12-26(19(2)14-18)35-16-25(32)23-11-13-27-24(15-23)31(28(33)17-36-27)21(4)29(34)30-20(3)22-8-6-5-7-9-22/h5-15,20-21H,16-17H2,1-4H3,(H,30,34)/t20-,21-/m0/s1. The summed E-state index contributed by atoms with van der Waals surface area (Å²) in [6.07, 6.45) is 0. The Morgan fingerprint density at radius 2 is 1.78 bits per heavy atom. The van der Waals surface area contributed by atoms with Crippen LogP contribution in [0.1, 0.15) is 46.9 Å². The van der Waals surface area contributed by atoms with Crippen LogP contribution in [0.5, 0.6) is 11.5 Å². The molecule has 0 unspecified atom stereocenters. The zero-order valence-corrected chi connectivity index (χ0v) is 20.9. The van der Waals surface area contributed by atoms with Crippen LogP contribution < -0.4 is 19.7 Å². The number of benzene rings is 3. The van der Waals surface area contributed by atoms with E-state index in [1.54, 1.807) is 25.1 Å². The first-order valence-corrected chi connectivity index (χ1v) is 11.9. The lowest BCUT2D eigenvalue weighted by Crippen LogP contribution is -2.51. The van der Waals surface area contributed by atoms with Crippen LogP contribution in [-0.2, 0) is 9.59 Å². The molecule has 0 saturated heterocycles. The molecule has 0 aliphatic carbocycles. The van der Waals surface area contributed by atoms with E-state index in [9.17, 15) is 14.4 Å². The van der Waals surface area contributed by atoms with Crippen molar-refractivity contribution in [2.45, 2.75) is 39.8 Å². The summed E-state index contributed by atoms with van der Waals surface area (Å²) >= 11 is 0. The van der Waals surface area contributed by atoms with Crippen molar-refractivity contribution in [2.75, 3.05) is 18.1 Å². The lowest BCUT2D eigenvalue weighted by atomic mass is 10.1. The lowest BCUT2D eigenvalue weighted by Gasteiger charge is -2.34. The van der Waals surface area contributed by atoms with Crippen LogP contribution >= 0.6 is 0 Å². The summed E-state index contributed by atoms with van der Waals surface area (Å²) < 4.78 is 11.3. The fourth-order valence-electron chi connectivity index (χ4n) is 4.23. The molecule has 1 heterocycles. The van der Waals surface area contributed by atoms with E-state index in [0.717, 1.165) is 16.7 Å². The summed E-state index contributed by atoms with van der Waals surface area (Å²) in [5.41, 5.74) is 3.78. The van der Waals surface area contributed by atoms with Gasteiger partial charge in [0, 0.05) is 5.56 Å². The number of Topliss-reactive ketones (excluding diaryl/α,β-unsaturated/α-hetero) is 1. The number of fused-ring (bicyclic) bond motifs is 1. The number of hydrogen-bond donors (Lipinski definition) is 1. The molecule has 7 heteroatoms. The number of anilines is 1. The van der Waals surface area contributed by atoms with E-state index in [-0.39, 0.29) is 36.9 Å². The molecular formula is C29H30N2O5. The molecule has 36 heavy (non-hydrogen) atoms. The molecule has 1 aliphatic rings. The van der Waals surface area contributed by atoms with E-state index in [4.69, 9.17) is 9.47 Å². The third-order valence-corrected chi connectivity index (χ3v) is 6.27. The van der Waals surface area contributed by atoms with Gasteiger partial charge in [-0.1, -0.05) is 48.0 Å². The average molecular weight is 487 g/mol. The summed E-state index contributed by atoms with van der Waals surface area (Å²) in [5.74, 6) is 0.184. The largest absolute Gasteiger partial charge is 0.485 e. The molecule has 2 atom stereocenters. The molecule has 1 aliphatic heterocycles. The Morgan fingerprint density at radius 3 is 2.50 bits per heavy atom. The zero-order valence-electron chi connectivity index (χ0n) is 20.9. The van der Waals surface area contributed by atoms with Crippen molar-refractivity contribution in [2.24, 2.45) is 0 Å². The van der Waals surface area contributed by atoms with Gasteiger partial charge in [0.15, 0.2) is 19.0 Å². The van der Waals surface area contributed by atoms with Gasteiger partial charge in [-0.3, -0.25) is 19.3 Å². The highest BCUT2D eigenvalue weighted by Crippen LogP contribution is 2.35. The van der Waals surface area contributed by atoms with Crippen LogP contribution in [0.25, 0.3) is 0 Å². The minimum atomic E-state index is -0.803. The van der Waals surface area contributed by atoms with Crippen LogP contribution in [0.4, 0.5) is 5.69 Å². The monoisotopic (exact) mass is 486 g/mol. The van der Waals surface area contributed by atoms with Gasteiger partial charge in [0.2, 0.25) is 5.91 Å². The number of carbonyl (C=O) groups is 3. The van der Waals surface area contributed by atoms with Crippen molar-refractivity contribution >= 4 is 23.3 Å². The zero-order chi connectivity index (χ0) is 25.8. The maximum absolute atomic E-state index is 13.1. The number of aryl methyl sites for hydroxylation is 2. The molecule has 2 amide bonds. The highest BCUT2D eigenvalue weighted by atomic mass is 16.5. The van der Waals surface area contributed by atoms with E-state index in [1.165, 1.54) is 4.90 Å². The number of ketones is 1. The van der Waals surface area contributed by atoms with E-state index < -0.39 is 6.04 Å². The van der Waals surface area contributed by atoms with Gasteiger partial charge in [-0.25, -0.2) is 0 Å². The molecule has 0 fully saturated rings. The minimum absolute atomic E-state index is 0.151. The van der Waals surface area contributed by atoms with Crippen molar-refractivity contribution in [3.8, 4) is 11.5 Å². The number of amides is 2. The summed E-state index contributed by atoms with van der Waals surface area (Å²) in [6.45, 7) is 7.15. The fourth-order valence-corrected chi connectivity index (χ4v) is 4.23. The second-order valence-electron chi connectivity index (χ2n) is 9.03. The van der Waals surface area contributed by atoms with E-state index in [1.807, 2.05) is 69.3 Å². The van der Waals surface area contributed by atoms with E-state index in [2.05, 4.69) is 5.32 Å². The summed E-state index contributed by atoms with van der Waals surface area (Å²) in [6, 6.07) is 19.2. The molecule has 0 spiro atoms. The third kappa shape index (κ3) is 5.40. The van der Waals surface area contributed by atoms with Gasteiger partial charge >= 0.3 is 0 Å². The van der Waals surface area contributed by atoms with Crippen LogP contribution in [0, 0.1) is 13.8 Å². The SMILES string of the molecule is Cc1ccc(OCC(=O)c2ccc3c(c2)N([C@@H](C)C(=O)N[C@@H](C)c2ccccc2)C(=O)CO3)c(C)c1. The quantitative estimate of drug-likeness (QED) is 0.472. The van der Waals surface area contributed by atoms with Crippen molar-refractivity contribution < 1.29 is 23.9 Å². The van der Waals surface area contributed by atoms with Gasteiger partial charge in [0.25, 0.3) is 5.91 Å². The predicted octanol–water partition coefficient (Wildman–Crippen LogP) is 4.56. The van der Waals surface area contributed by atoms with Gasteiger partial charge < -0.3 is 14.8 Å². The smallest absolute Gasteiger partial charge is 0.265 e. The topological polar surface area (TPSA) is 84.9 Å². The Bertz CT molecular complexity index is 1290. The Kier molecular flexibility index (Phi) is 7.38. The molecule has 7 nitrogen and oxygen atoms in total. The first-order valence-electron chi connectivity index (χ1n) is 11.9. The number of rotatable bonds is 8. The molecular weight excluding hydrogens is 456 g/mol. The molecule has 0 radical (unpaired) electrons. The van der Waals surface area contributed by atoms with Crippen molar-refractivity contribution in [1.82, 2.24) is 5.32 Å². The summed E-state index contributed by atoms with van der Waals surface area (Å²) in [7, 11) is 0. The molecule has 3 aromatic carbocycles. The van der Waals surface area contributed by atoms with Gasteiger partial charge in [-0.2, -0.15) is 0 Å². The number of hydrogen-bond acceptors (Lipinski definition) is 5. The van der Waals surface area contributed by atoms with Gasteiger partial charge in [0.05, 0.1) is 11.7 Å². The second-order valence-corrected chi connectivity index (χ2v) is 9.03. The van der Waals surface area contributed by atoms with E-state index in [0.29, 0.717) is 22.7 Å². The van der Waals surface area contributed by atoms with Crippen molar-refractivity contribution in [1.29, 1.82) is 0 Å². The number of ether oxygens (including phenoxy) is 2. The van der Waals surface area contributed by atoms with Crippen molar-refractivity contribution in [3.05, 3.63) is 89.0 Å². The molecule has 0 aromatic heterocycles. The first-order chi connectivity index (χ1) is 17.2. The van der Waals surface area contributed by atoms with E-state index >= 15 is 0 Å². The molecule has 186 valence electrons. The van der Waals surface area contributed by atoms with Gasteiger partial charge in [0.1, 0.15) is 17.5 Å². The molecule has 0 bridgehead atoms. The minimum Gasteiger partial charge on any atom is -0.485 e. The summed E-state index contributed by atoms with van der Waals surface area (Å²) in [5, 5.41) is 2.97. The molecule has 4 rings (SSSR count). The maximum atomic E-state index is 13.1. The van der Waals surface area contributed by atoms with Crippen LogP contribution in [0.15, 0.2) is 66.7 Å². The molecule has 1 N–H and O–H groups in total. The molecule has 0 saturated carbocycles. The highest BCUT2D eigenvalue weighted by molar-refractivity contribution is 6.06. The first kappa shape index (κ1) is 25.0. The number of nitrogens with one attached hydrogen (secondary N) is 1. The van der Waals surface area contributed by atoms with Crippen LogP contribution in [0.3, 0.4) is 0 Å². The lowest BCUT2D eigenvalue weighted by molar-refractivity contribution is -0.127. The van der Waals surface area contributed by atoms with Crippen LogP contribution in [0.2, 0.25) is 0 Å². The Morgan fingerprint density at radius 1 is 1.03 bits per heavy atom. The van der Waals surface area contributed by atoms with Gasteiger partial charge in [-0.05, 0) is 63.1 Å². The highest BCUT2D eigenvalue weighted by Gasteiger charge is 2.34. The Balaban J connectivity index is 1.51. The Hall–Kier alpha value is -4.13. The maximum Gasteiger partial charge on any atom is 0.265 e. The normalized spacial score (nSPS) is 14.3. The van der Waals surface area contributed by atoms with Crippen LogP contribution in [-0.4, -0.2) is 36.9 Å². The average Bonchev–Trinajstić information content (AvgIpc) is 2.87. The predicted molar refractivity (Wildman–Crippen MR) is 138 cm³/mol. The number of nitrogens with zero attached hydrogens (tertiary/aromatic N) is 1. The fraction of sp³-hybridized carbons (Fsp3) is 0.276. The summed E-state index contributed by atoms with van der Waals surface area (Å²) in [4.78, 5) is 40.2. The Labute approximate surface area is 211 Å². The third-order valence-electron chi connectivity index (χ3n) is 6.27. The second kappa shape index (κ2) is 10.6. The van der Waals surface area contributed by atoms with Crippen molar-refractivity contribution in [3.63, 3.8) is 0 Å². The number of carbonyl (C=O) groups excluding carboxylic acids is 3. The van der Waals surface area contributed by atoms with Gasteiger partial charge in [-0.15, -0.1) is 0 Å². The molecule has 3 aromatic rings.